The number of nitrogens with zero attached hydrogens (tertiary/aromatic N) is 1. The van der Waals surface area contributed by atoms with Gasteiger partial charge in [0.15, 0.2) is 0 Å². The highest BCUT2D eigenvalue weighted by Gasteiger charge is 2.33. The number of aryl methyl sites for hydroxylation is 1. The number of hydrogen-bond donors (Lipinski definition) is 1. The number of aromatic nitrogens is 1. The highest BCUT2D eigenvalue weighted by atomic mass is 32.2. The van der Waals surface area contributed by atoms with Crippen LogP contribution in [0, 0.1) is 11.3 Å². The van der Waals surface area contributed by atoms with E-state index >= 15 is 0 Å². The molecule has 0 saturated heterocycles. The van der Waals surface area contributed by atoms with Gasteiger partial charge in [0.25, 0.3) is 10.0 Å². The lowest BCUT2D eigenvalue weighted by atomic mass is 9.69. The summed E-state index contributed by atoms with van der Waals surface area (Å²) in [7, 11) is -3.79. The van der Waals surface area contributed by atoms with Crippen LogP contribution in [0.15, 0.2) is 64.0 Å². The third kappa shape index (κ3) is 3.56. The van der Waals surface area contributed by atoms with Gasteiger partial charge in [-0.25, -0.2) is 8.42 Å². The molecule has 0 bridgehead atoms. The summed E-state index contributed by atoms with van der Waals surface area (Å²) in [5, 5.41) is 1.80. The minimum atomic E-state index is -3.79. The summed E-state index contributed by atoms with van der Waals surface area (Å²) in [5.74, 6) is 1.63. The van der Waals surface area contributed by atoms with Crippen molar-refractivity contribution >= 4 is 37.6 Å². The van der Waals surface area contributed by atoms with E-state index in [4.69, 9.17) is 4.42 Å². The second-order valence-corrected chi connectivity index (χ2v) is 11.1. The Labute approximate surface area is 188 Å². The Morgan fingerprint density at radius 1 is 1.16 bits per heavy atom. The van der Waals surface area contributed by atoms with Crippen molar-refractivity contribution < 1.29 is 12.8 Å². The molecule has 0 unspecified atom stereocenters. The van der Waals surface area contributed by atoms with Gasteiger partial charge in [0.05, 0.1) is 5.52 Å². The molecule has 2 aromatic heterocycles. The maximum Gasteiger partial charge on any atom is 0.264 e. The predicted octanol–water partition coefficient (Wildman–Crippen LogP) is 6.32. The van der Waals surface area contributed by atoms with E-state index in [9.17, 15) is 8.42 Å². The van der Waals surface area contributed by atoms with Gasteiger partial charge in [-0.1, -0.05) is 45.4 Å². The average molecular weight is 449 g/mol. The third-order valence-corrected chi connectivity index (χ3v) is 8.61. The van der Waals surface area contributed by atoms with Crippen LogP contribution in [0.25, 0.3) is 21.9 Å². The van der Waals surface area contributed by atoms with Gasteiger partial charge < -0.3 is 4.42 Å². The molecule has 1 aliphatic rings. The minimum absolute atomic E-state index is 0.176. The Bertz CT molecular complexity index is 1410. The molecule has 5 nitrogen and oxygen atoms in total. The molecule has 0 amide bonds. The number of pyridine rings is 1. The normalized spacial score (nSPS) is 16.9. The van der Waals surface area contributed by atoms with Crippen molar-refractivity contribution in [2.45, 2.75) is 51.3 Å². The zero-order valence-electron chi connectivity index (χ0n) is 18.7. The molecule has 166 valence electrons. The van der Waals surface area contributed by atoms with Crippen molar-refractivity contribution in [2.75, 3.05) is 4.72 Å². The van der Waals surface area contributed by atoms with Crippen LogP contribution >= 0.6 is 0 Å². The third-order valence-electron chi connectivity index (χ3n) is 7.20. The molecule has 0 spiro atoms. The Balaban J connectivity index is 1.51. The molecule has 2 aromatic carbocycles. The molecule has 1 atom stereocenters. The van der Waals surface area contributed by atoms with Crippen LogP contribution in [-0.4, -0.2) is 13.4 Å². The van der Waals surface area contributed by atoms with Crippen LogP contribution in [0.1, 0.15) is 44.9 Å². The van der Waals surface area contributed by atoms with Gasteiger partial charge in [0.2, 0.25) is 0 Å². The lowest BCUT2D eigenvalue weighted by molar-refractivity contribution is 0.179. The second kappa shape index (κ2) is 7.62. The van der Waals surface area contributed by atoms with Crippen molar-refractivity contribution in [1.82, 2.24) is 4.98 Å². The first-order chi connectivity index (χ1) is 15.3. The van der Waals surface area contributed by atoms with Crippen LogP contribution in [0.4, 0.5) is 5.69 Å². The van der Waals surface area contributed by atoms with E-state index in [2.05, 4.69) is 30.5 Å². The summed E-state index contributed by atoms with van der Waals surface area (Å²) >= 11 is 0. The molecule has 32 heavy (non-hydrogen) atoms. The van der Waals surface area contributed by atoms with Crippen LogP contribution in [0.2, 0.25) is 0 Å². The zero-order valence-corrected chi connectivity index (χ0v) is 19.5. The van der Waals surface area contributed by atoms with Gasteiger partial charge in [0.1, 0.15) is 16.2 Å². The summed E-state index contributed by atoms with van der Waals surface area (Å²) in [4.78, 5) is 4.47. The van der Waals surface area contributed by atoms with Gasteiger partial charge in [0, 0.05) is 34.6 Å². The molecule has 0 saturated carbocycles. The van der Waals surface area contributed by atoms with Crippen molar-refractivity contribution in [3.8, 4) is 0 Å². The monoisotopic (exact) mass is 448 g/mol. The molecular formula is C26H28N2O3S. The fourth-order valence-corrected chi connectivity index (χ4v) is 6.03. The topological polar surface area (TPSA) is 72.2 Å². The quantitative estimate of drug-likeness (QED) is 0.388. The molecule has 0 radical (unpaired) electrons. The number of benzene rings is 2. The maximum absolute atomic E-state index is 13.2. The fourth-order valence-electron chi connectivity index (χ4n) is 4.80. The number of rotatable bonds is 5. The summed E-state index contributed by atoms with van der Waals surface area (Å²) in [5.41, 5.74) is 3.31. The van der Waals surface area contributed by atoms with E-state index in [1.807, 2.05) is 24.3 Å². The SMILES string of the molecule is CCC(C)(C)[C@H]1CCc2oc3ccc(NS(=O)(=O)c4cccc5cccnc45)cc3c2C1. The molecular weight excluding hydrogens is 420 g/mol. The van der Waals surface area contributed by atoms with E-state index in [1.165, 1.54) is 5.56 Å². The van der Waals surface area contributed by atoms with E-state index in [1.54, 1.807) is 30.5 Å². The molecule has 0 fully saturated rings. The van der Waals surface area contributed by atoms with Gasteiger partial charge in [-0.05, 0) is 54.5 Å². The molecule has 6 heteroatoms. The standard InChI is InChI=1S/C26H28N2O3S/c1-4-26(2,3)18-10-12-22-20(15-18)21-16-19(11-13-23(21)31-22)28-32(29,30)24-9-5-7-17-8-6-14-27-25(17)24/h5-9,11,13-14,16,18,28H,4,10,12,15H2,1-3H3/t18-/m0/s1. The summed E-state index contributed by atoms with van der Waals surface area (Å²) in [6.07, 6.45) is 5.76. The van der Waals surface area contributed by atoms with Crippen molar-refractivity contribution in [3.05, 3.63) is 66.1 Å². The number of para-hydroxylation sites is 1. The lowest BCUT2D eigenvalue weighted by Gasteiger charge is -2.36. The fraction of sp³-hybridized carbons (Fsp3) is 0.346. The van der Waals surface area contributed by atoms with Gasteiger partial charge >= 0.3 is 0 Å². The van der Waals surface area contributed by atoms with E-state index in [-0.39, 0.29) is 10.3 Å². The Morgan fingerprint density at radius 2 is 1.97 bits per heavy atom. The number of anilines is 1. The molecule has 4 aromatic rings. The summed E-state index contributed by atoms with van der Waals surface area (Å²) in [6.45, 7) is 6.92. The molecule has 1 aliphatic carbocycles. The zero-order chi connectivity index (χ0) is 22.5. The van der Waals surface area contributed by atoms with E-state index in [0.717, 1.165) is 47.8 Å². The van der Waals surface area contributed by atoms with Gasteiger partial charge in [-0.15, -0.1) is 0 Å². The van der Waals surface area contributed by atoms with Crippen LogP contribution in [0.5, 0.6) is 0 Å². The maximum atomic E-state index is 13.2. The molecule has 0 aliphatic heterocycles. The molecule has 5 rings (SSSR count). The van der Waals surface area contributed by atoms with Crippen molar-refractivity contribution in [3.63, 3.8) is 0 Å². The lowest BCUT2D eigenvalue weighted by Crippen LogP contribution is -2.28. The minimum Gasteiger partial charge on any atom is -0.461 e. The van der Waals surface area contributed by atoms with Gasteiger partial charge in [-0.2, -0.15) is 0 Å². The first-order valence-electron chi connectivity index (χ1n) is 11.2. The predicted molar refractivity (Wildman–Crippen MR) is 128 cm³/mol. The largest absolute Gasteiger partial charge is 0.461 e. The second-order valence-electron chi connectivity index (χ2n) is 9.43. The Kier molecular flexibility index (Phi) is 5.01. The van der Waals surface area contributed by atoms with Crippen molar-refractivity contribution in [2.24, 2.45) is 11.3 Å². The van der Waals surface area contributed by atoms with Crippen LogP contribution in [0.3, 0.4) is 0 Å². The van der Waals surface area contributed by atoms with Crippen molar-refractivity contribution in [1.29, 1.82) is 0 Å². The number of furan rings is 1. The smallest absolute Gasteiger partial charge is 0.264 e. The number of nitrogens with one attached hydrogen (secondary N) is 1. The first kappa shape index (κ1) is 21.0. The molecule has 1 N–H and O–H groups in total. The highest BCUT2D eigenvalue weighted by molar-refractivity contribution is 7.93. The Hall–Kier alpha value is -2.86. The first-order valence-corrected chi connectivity index (χ1v) is 12.7. The number of hydrogen-bond acceptors (Lipinski definition) is 4. The number of sulfonamides is 1. The summed E-state index contributed by atoms with van der Waals surface area (Å²) in [6, 6.07) is 14.4. The highest BCUT2D eigenvalue weighted by Crippen LogP contribution is 2.43. The number of fused-ring (bicyclic) bond motifs is 4. The summed E-state index contributed by atoms with van der Waals surface area (Å²) < 4.78 is 35.3. The van der Waals surface area contributed by atoms with Crippen LogP contribution in [-0.2, 0) is 22.9 Å². The van der Waals surface area contributed by atoms with E-state index in [0.29, 0.717) is 17.1 Å². The van der Waals surface area contributed by atoms with Gasteiger partial charge in [-0.3, -0.25) is 9.71 Å². The average Bonchev–Trinajstić information content (AvgIpc) is 3.15. The van der Waals surface area contributed by atoms with E-state index < -0.39 is 10.0 Å². The Morgan fingerprint density at radius 3 is 2.78 bits per heavy atom. The van der Waals surface area contributed by atoms with Crippen LogP contribution < -0.4 is 4.72 Å². The molecule has 2 heterocycles.